The molecule has 5 heteroatoms. The summed E-state index contributed by atoms with van der Waals surface area (Å²) in [7, 11) is -2.54. The largest absolute Gasteiger partial charge is 0.493 e. The third-order valence-electron chi connectivity index (χ3n) is 7.71. The molecule has 4 nitrogen and oxygen atoms in total. The lowest BCUT2D eigenvalue weighted by Gasteiger charge is -2.59. The van der Waals surface area contributed by atoms with Crippen LogP contribution in [-0.4, -0.2) is 38.0 Å². The van der Waals surface area contributed by atoms with Crippen molar-refractivity contribution in [1.82, 2.24) is 0 Å². The van der Waals surface area contributed by atoms with E-state index in [-0.39, 0.29) is 11.1 Å². The number of rotatable bonds is 6. The average molecular weight is 481 g/mol. The number of hydrogen-bond donors (Lipinski definition) is 0. The average Bonchev–Trinajstić information content (AvgIpc) is 2.75. The van der Waals surface area contributed by atoms with E-state index in [4.69, 9.17) is 18.6 Å². The predicted molar refractivity (Wildman–Crippen MR) is 139 cm³/mol. The molecule has 0 spiro atoms. The monoisotopic (exact) mass is 480 g/mol. The zero-order valence-corrected chi connectivity index (χ0v) is 22.8. The molecule has 2 aromatic carbocycles. The molecular weight excluding hydrogens is 440 g/mol. The lowest BCUT2D eigenvalue weighted by Crippen LogP contribution is -2.72. The van der Waals surface area contributed by atoms with Gasteiger partial charge in [-0.25, -0.2) is 0 Å². The second kappa shape index (κ2) is 8.94. The standard InChI is InChI=1S/C29H40O4Si/c1-26(2,3)34(21-23-14-10-8-11-15-23,22-24-16-12-9-13-17-24)33-28(6)18-19-30-25-20-31-27(4,5)32-29(25,28)7/h8-19,25H,20-22H2,1-7H3/t25?,28-,29-/m1/s1. The first kappa shape index (κ1) is 25.2. The third-order valence-corrected chi connectivity index (χ3v) is 13.2. The number of fused-ring (bicyclic) bond motifs is 1. The number of ether oxygens (including phenoxy) is 3. The molecule has 0 saturated carbocycles. The van der Waals surface area contributed by atoms with Gasteiger partial charge in [0.2, 0.25) is 8.32 Å². The summed E-state index contributed by atoms with van der Waals surface area (Å²) in [6.07, 6.45) is 3.61. The van der Waals surface area contributed by atoms with Crippen LogP contribution >= 0.6 is 0 Å². The second-order valence-corrected chi connectivity index (χ2v) is 16.0. The van der Waals surface area contributed by atoms with Crippen LogP contribution in [0.1, 0.15) is 59.6 Å². The molecule has 0 aromatic heterocycles. The van der Waals surface area contributed by atoms with Crippen molar-refractivity contribution >= 4 is 8.32 Å². The normalized spacial score (nSPS) is 28.7. The summed E-state index contributed by atoms with van der Waals surface area (Å²) in [4.78, 5) is 0. The summed E-state index contributed by atoms with van der Waals surface area (Å²) in [6, 6.07) is 23.4. The molecule has 3 atom stereocenters. The van der Waals surface area contributed by atoms with Crippen LogP contribution in [0.2, 0.25) is 5.04 Å². The fraction of sp³-hybridized carbons (Fsp3) is 0.517. The molecule has 0 aliphatic carbocycles. The van der Waals surface area contributed by atoms with Crippen LogP contribution in [0.3, 0.4) is 0 Å². The first-order chi connectivity index (χ1) is 15.9. The molecule has 0 amide bonds. The van der Waals surface area contributed by atoms with E-state index in [0.717, 1.165) is 12.1 Å². The van der Waals surface area contributed by atoms with E-state index in [1.54, 1.807) is 6.26 Å². The van der Waals surface area contributed by atoms with Gasteiger partial charge < -0.3 is 18.6 Å². The highest BCUT2D eigenvalue weighted by Gasteiger charge is 2.62. The van der Waals surface area contributed by atoms with Gasteiger partial charge in [-0.05, 0) is 62.0 Å². The summed E-state index contributed by atoms with van der Waals surface area (Å²) in [5, 5.41) is -0.0413. The lowest BCUT2D eigenvalue weighted by molar-refractivity contribution is -0.368. The molecule has 2 heterocycles. The minimum atomic E-state index is -2.54. The van der Waals surface area contributed by atoms with Gasteiger partial charge in [-0.15, -0.1) is 0 Å². The highest BCUT2D eigenvalue weighted by Crippen LogP contribution is 2.50. The Morgan fingerprint density at radius 1 is 0.882 bits per heavy atom. The minimum Gasteiger partial charge on any atom is -0.493 e. The molecule has 1 unspecified atom stereocenters. The van der Waals surface area contributed by atoms with Gasteiger partial charge in [0.05, 0.1) is 12.9 Å². The third kappa shape index (κ3) is 4.76. The molecule has 4 rings (SSSR count). The van der Waals surface area contributed by atoms with Crippen molar-refractivity contribution in [2.45, 2.75) is 88.7 Å². The van der Waals surface area contributed by atoms with Gasteiger partial charge in [0.15, 0.2) is 11.9 Å². The van der Waals surface area contributed by atoms with Crippen molar-refractivity contribution in [3.63, 3.8) is 0 Å². The van der Waals surface area contributed by atoms with Crippen molar-refractivity contribution in [3.05, 3.63) is 84.1 Å². The fourth-order valence-corrected chi connectivity index (χ4v) is 9.78. The quantitative estimate of drug-likeness (QED) is 0.441. The van der Waals surface area contributed by atoms with E-state index in [1.807, 2.05) is 13.8 Å². The molecule has 0 radical (unpaired) electrons. The molecule has 2 aliphatic heterocycles. The van der Waals surface area contributed by atoms with Crippen molar-refractivity contribution < 1.29 is 18.6 Å². The van der Waals surface area contributed by atoms with Gasteiger partial charge in [-0.3, -0.25) is 0 Å². The van der Waals surface area contributed by atoms with Crippen molar-refractivity contribution in [2.24, 2.45) is 0 Å². The van der Waals surface area contributed by atoms with Crippen molar-refractivity contribution in [3.8, 4) is 0 Å². The van der Waals surface area contributed by atoms with Crippen LogP contribution < -0.4 is 0 Å². The van der Waals surface area contributed by atoms with Gasteiger partial charge >= 0.3 is 0 Å². The summed E-state index contributed by atoms with van der Waals surface area (Å²) in [5.74, 6) is -0.713. The number of benzene rings is 2. The molecule has 184 valence electrons. The van der Waals surface area contributed by atoms with Gasteiger partial charge in [0.25, 0.3) is 0 Å². The first-order valence-electron chi connectivity index (χ1n) is 12.3. The molecular formula is C29H40O4Si. The van der Waals surface area contributed by atoms with Crippen molar-refractivity contribution in [2.75, 3.05) is 6.61 Å². The van der Waals surface area contributed by atoms with Gasteiger partial charge in [-0.2, -0.15) is 0 Å². The van der Waals surface area contributed by atoms with Gasteiger partial charge in [0, 0.05) is 0 Å². The number of hydrogen-bond acceptors (Lipinski definition) is 4. The van der Waals surface area contributed by atoms with E-state index >= 15 is 0 Å². The molecule has 34 heavy (non-hydrogen) atoms. The lowest BCUT2D eigenvalue weighted by atomic mass is 9.79. The summed E-state index contributed by atoms with van der Waals surface area (Å²) < 4.78 is 26.2. The first-order valence-corrected chi connectivity index (χ1v) is 14.7. The molecule has 0 N–H and O–H groups in total. The van der Waals surface area contributed by atoms with Crippen LogP contribution in [-0.2, 0) is 30.7 Å². The molecule has 2 aromatic rings. The molecule has 0 bridgehead atoms. The Bertz CT molecular complexity index is 956. The Balaban J connectivity index is 1.82. The SMILES string of the molecule is CC1(C)OCC2OC=C[C@@](C)(O[Si](Cc3ccccc3)(Cc3ccccc3)C(C)(C)C)[C@]2(C)O1. The van der Waals surface area contributed by atoms with Gasteiger partial charge in [-0.1, -0.05) is 81.4 Å². The van der Waals surface area contributed by atoms with Crippen LogP contribution in [0.5, 0.6) is 0 Å². The maximum atomic E-state index is 7.60. The Morgan fingerprint density at radius 2 is 1.41 bits per heavy atom. The maximum Gasteiger partial charge on any atom is 0.208 e. The zero-order chi connectivity index (χ0) is 24.7. The topological polar surface area (TPSA) is 36.9 Å². The van der Waals surface area contributed by atoms with E-state index in [9.17, 15) is 0 Å². The van der Waals surface area contributed by atoms with E-state index in [0.29, 0.717) is 6.61 Å². The maximum absolute atomic E-state index is 7.60. The Morgan fingerprint density at radius 3 is 1.91 bits per heavy atom. The summed E-state index contributed by atoms with van der Waals surface area (Å²) in [5.41, 5.74) is 1.25. The van der Waals surface area contributed by atoms with Crippen LogP contribution in [0.4, 0.5) is 0 Å². The minimum absolute atomic E-state index is 0.0413. The molecule has 2 aliphatic rings. The Kier molecular flexibility index (Phi) is 6.62. The molecule has 1 saturated heterocycles. The van der Waals surface area contributed by atoms with Crippen LogP contribution in [0, 0.1) is 0 Å². The second-order valence-electron chi connectivity index (χ2n) is 11.6. The predicted octanol–water partition coefficient (Wildman–Crippen LogP) is 6.53. The fourth-order valence-electron chi connectivity index (χ4n) is 5.27. The molecule has 1 fully saturated rings. The highest BCUT2D eigenvalue weighted by molar-refractivity contribution is 6.75. The van der Waals surface area contributed by atoms with Crippen LogP contribution in [0.25, 0.3) is 0 Å². The Labute approximate surface area is 206 Å². The zero-order valence-electron chi connectivity index (χ0n) is 21.8. The van der Waals surface area contributed by atoms with Crippen molar-refractivity contribution in [1.29, 1.82) is 0 Å². The summed E-state index contributed by atoms with van der Waals surface area (Å²) in [6.45, 7) is 15.7. The Hall–Kier alpha value is -1.92. The van der Waals surface area contributed by atoms with E-state index in [2.05, 4.69) is 101 Å². The van der Waals surface area contributed by atoms with Crippen LogP contribution in [0.15, 0.2) is 73.0 Å². The summed E-state index contributed by atoms with van der Waals surface area (Å²) >= 11 is 0. The highest BCUT2D eigenvalue weighted by atomic mass is 28.4. The van der Waals surface area contributed by atoms with E-state index < -0.39 is 25.3 Å². The van der Waals surface area contributed by atoms with Gasteiger partial charge in [0.1, 0.15) is 11.2 Å². The van der Waals surface area contributed by atoms with E-state index in [1.165, 1.54) is 11.1 Å². The smallest absolute Gasteiger partial charge is 0.208 e.